The van der Waals surface area contributed by atoms with Crippen molar-refractivity contribution >= 4 is 44.0 Å². The highest BCUT2D eigenvalue weighted by Gasteiger charge is 2.15. The highest BCUT2D eigenvalue weighted by Crippen LogP contribution is 2.20. The van der Waals surface area contributed by atoms with Gasteiger partial charge in [-0.05, 0) is 54.3 Å². The van der Waals surface area contributed by atoms with E-state index in [9.17, 15) is 13.2 Å². The fourth-order valence-corrected chi connectivity index (χ4v) is 5.10. The predicted octanol–water partition coefficient (Wildman–Crippen LogP) is 3.72. The van der Waals surface area contributed by atoms with Gasteiger partial charge in [0.05, 0.1) is 17.4 Å². The highest BCUT2D eigenvalue weighted by atomic mass is 32.2. The van der Waals surface area contributed by atoms with Crippen molar-refractivity contribution in [3.05, 3.63) is 77.9 Å². The molecular weight excluding hydrogens is 420 g/mol. The zero-order valence-electron chi connectivity index (χ0n) is 16.0. The molecule has 2 aromatic carbocycles. The smallest absolute Gasteiger partial charge is 0.271 e. The van der Waals surface area contributed by atoms with Gasteiger partial charge in [-0.1, -0.05) is 18.2 Å². The zero-order chi connectivity index (χ0) is 21.0. The Hall–Kier alpha value is -3.17. The number of carbonyl (C=O) groups excluding carboxylic acids is 1. The molecule has 154 valence electrons. The molecule has 0 unspecified atom stereocenters. The van der Waals surface area contributed by atoms with Gasteiger partial charge in [0.25, 0.3) is 15.9 Å². The number of para-hydroxylation sites is 2. The molecule has 2 N–H and O–H groups in total. The minimum atomic E-state index is -3.60. The lowest BCUT2D eigenvalue weighted by Crippen LogP contribution is -2.25. The number of benzene rings is 2. The van der Waals surface area contributed by atoms with Crippen LogP contribution in [0.2, 0.25) is 0 Å². The number of aromatic nitrogens is 2. The largest absolute Gasteiger partial charge is 0.352 e. The zero-order valence-corrected chi connectivity index (χ0v) is 17.6. The van der Waals surface area contributed by atoms with E-state index in [4.69, 9.17) is 0 Å². The molecule has 2 aromatic heterocycles. The topological polar surface area (TPSA) is 93.1 Å². The molecule has 0 bridgehead atoms. The van der Waals surface area contributed by atoms with Crippen LogP contribution in [0.3, 0.4) is 0 Å². The van der Waals surface area contributed by atoms with Crippen molar-refractivity contribution in [3.8, 4) is 0 Å². The molecule has 0 aliphatic rings. The SMILES string of the molecule is O=C(NCCCn1cnc2ccccc21)c1ccc(NS(=O)(=O)c2cccs2)cc1. The molecule has 1 amide bonds. The van der Waals surface area contributed by atoms with Crippen molar-refractivity contribution in [2.45, 2.75) is 17.2 Å². The Bertz CT molecular complexity index is 1250. The first-order valence-electron chi connectivity index (χ1n) is 9.37. The number of hydrogen-bond acceptors (Lipinski definition) is 5. The fourth-order valence-electron chi connectivity index (χ4n) is 3.05. The van der Waals surface area contributed by atoms with Gasteiger partial charge in [0.1, 0.15) is 4.21 Å². The monoisotopic (exact) mass is 440 g/mol. The molecule has 4 aromatic rings. The standard InChI is InChI=1S/C21H20N4O3S2/c26-21(22-12-4-13-25-15-23-18-5-1-2-6-19(18)25)16-8-10-17(11-9-16)24-30(27,28)20-7-3-14-29-20/h1-3,5-11,14-15,24H,4,12-13H2,(H,22,26). The summed E-state index contributed by atoms with van der Waals surface area (Å²) in [6, 6.07) is 17.5. The van der Waals surface area contributed by atoms with Crippen molar-refractivity contribution in [3.63, 3.8) is 0 Å². The van der Waals surface area contributed by atoms with Gasteiger partial charge < -0.3 is 9.88 Å². The van der Waals surface area contributed by atoms with E-state index in [1.807, 2.05) is 30.6 Å². The number of fused-ring (bicyclic) bond motifs is 1. The lowest BCUT2D eigenvalue weighted by Gasteiger charge is -2.09. The number of hydrogen-bond donors (Lipinski definition) is 2. The molecule has 0 aliphatic heterocycles. The van der Waals surface area contributed by atoms with Crippen LogP contribution in [0, 0.1) is 0 Å². The Labute approximate surface area is 178 Å². The summed E-state index contributed by atoms with van der Waals surface area (Å²) in [6.45, 7) is 1.28. The van der Waals surface area contributed by atoms with Crippen LogP contribution in [0.4, 0.5) is 5.69 Å². The maximum absolute atomic E-state index is 12.3. The van der Waals surface area contributed by atoms with E-state index in [2.05, 4.69) is 19.6 Å². The van der Waals surface area contributed by atoms with E-state index in [0.29, 0.717) is 17.8 Å². The number of nitrogens with one attached hydrogen (secondary N) is 2. The van der Waals surface area contributed by atoms with Crippen molar-refractivity contribution in [2.75, 3.05) is 11.3 Å². The second kappa shape index (κ2) is 8.68. The summed E-state index contributed by atoms with van der Waals surface area (Å²) < 4.78 is 29.3. The molecule has 4 rings (SSSR count). The third-order valence-corrected chi connectivity index (χ3v) is 7.33. The van der Waals surface area contributed by atoms with E-state index in [-0.39, 0.29) is 10.1 Å². The highest BCUT2D eigenvalue weighted by molar-refractivity contribution is 7.94. The average Bonchev–Trinajstić information content (AvgIpc) is 3.42. The van der Waals surface area contributed by atoms with E-state index in [1.54, 1.807) is 41.8 Å². The lowest BCUT2D eigenvalue weighted by atomic mass is 10.2. The molecular formula is C21H20N4O3S2. The van der Waals surface area contributed by atoms with Gasteiger partial charge in [0, 0.05) is 24.3 Å². The number of anilines is 1. The summed E-state index contributed by atoms with van der Waals surface area (Å²) >= 11 is 1.15. The van der Waals surface area contributed by atoms with E-state index in [0.717, 1.165) is 35.3 Å². The van der Waals surface area contributed by atoms with Crippen molar-refractivity contribution in [1.82, 2.24) is 14.9 Å². The van der Waals surface area contributed by atoms with Crippen LogP contribution in [-0.2, 0) is 16.6 Å². The number of nitrogens with zero attached hydrogens (tertiary/aromatic N) is 2. The van der Waals surface area contributed by atoms with Crippen LogP contribution in [-0.4, -0.2) is 30.4 Å². The van der Waals surface area contributed by atoms with Crippen molar-refractivity contribution in [1.29, 1.82) is 0 Å². The van der Waals surface area contributed by atoms with E-state index in [1.165, 1.54) is 0 Å². The molecule has 0 saturated heterocycles. The van der Waals surface area contributed by atoms with Crippen LogP contribution < -0.4 is 10.0 Å². The summed E-state index contributed by atoms with van der Waals surface area (Å²) in [6.07, 6.45) is 2.58. The molecule has 0 fully saturated rings. The molecule has 7 nitrogen and oxygen atoms in total. The number of thiophene rings is 1. The molecule has 2 heterocycles. The molecule has 0 spiro atoms. The first kappa shape index (κ1) is 20.1. The number of imidazole rings is 1. The van der Waals surface area contributed by atoms with Crippen LogP contribution in [0.1, 0.15) is 16.8 Å². The summed E-state index contributed by atoms with van der Waals surface area (Å²) in [5.74, 6) is -0.196. The van der Waals surface area contributed by atoms with Gasteiger partial charge in [-0.2, -0.15) is 0 Å². The van der Waals surface area contributed by atoms with E-state index < -0.39 is 10.0 Å². The van der Waals surface area contributed by atoms with Crippen LogP contribution in [0.5, 0.6) is 0 Å². The van der Waals surface area contributed by atoms with E-state index >= 15 is 0 Å². The molecule has 0 radical (unpaired) electrons. The summed E-state index contributed by atoms with van der Waals surface area (Å²) in [5.41, 5.74) is 2.91. The molecule has 30 heavy (non-hydrogen) atoms. The van der Waals surface area contributed by atoms with Crippen LogP contribution in [0.25, 0.3) is 11.0 Å². The normalized spacial score (nSPS) is 11.5. The van der Waals surface area contributed by atoms with Crippen molar-refractivity contribution in [2.24, 2.45) is 0 Å². The quantitative estimate of drug-likeness (QED) is 0.409. The minimum Gasteiger partial charge on any atom is -0.352 e. The van der Waals surface area contributed by atoms with Gasteiger partial charge in [-0.3, -0.25) is 9.52 Å². The second-order valence-corrected chi connectivity index (χ2v) is 9.51. The van der Waals surface area contributed by atoms with Gasteiger partial charge in [-0.15, -0.1) is 11.3 Å². The number of carbonyl (C=O) groups is 1. The van der Waals surface area contributed by atoms with Crippen molar-refractivity contribution < 1.29 is 13.2 Å². The number of rotatable bonds is 8. The Kier molecular flexibility index (Phi) is 5.82. The van der Waals surface area contributed by atoms with Gasteiger partial charge in [-0.25, -0.2) is 13.4 Å². The fraction of sp³-hybridized carbons (Fsp3) is 0.143. The Morgan fingerprint density at radius 3 is 2.60 bits per heavy atom. The third kappa shape index (κ3) is 4.52. The number of aryl methyl sites for hydroxylation is 1. The molecule has 9 heteroatoms. The minimum absolute atomic E-state index is 0.196. The van der Waals surface area contributed by atoms with Crippen LogP contribution in [0.15, 0.2) is 76.6 Å². The van der Waals surface area contributed by atoms with Crippen LogP contribution >= 0.6 is 11.3 Å². The molecule has 0 aliphatic carbocycles. The maximum atomic E-state index is 12.3. The Morgan fingerprint density at radius 1 is 1.03 bits per heavy atom. The second-order valence-electron chi connectivity index (χ2n) is 6.65. The number of amides is 1. The third-order valence-electron chi connectivity index (χ3n) is 4.55. The maximum Gasteiger partial charge on any atom is 0.271 e. The molecule has 0 atom stereocenters. The Morgan fingerprint density at radius 2 is 1.83 bits per heavy atom. The van der Waals surface area contributed by atoms with Gasteiger partial charge in [0.15, 0.2) is 0 Å². The lowest BCUT2D eigenvalue weighted by molar-refractivity contribution is 0.0953. The first-order valence-corrected chi connectivity index (χ1v) is 11.7. The molecule has 0 saturated carbocycles. The number of sulfonamides is 1. The summed E-state index contributed by atoms with van der Waals surface area (Å²) in [4.78, 5) is 16.7. The summed E-state index contributed by atoms with van der Waals surface area (Å²) in [7, 11) is -3.60. The van der Waals surface area contributed by atoms with Gasteiger partial charge >= 0.3 is 0 Å². The first-order chi connectivity index (χ1) is 14.5. The average molecular weight is 441 g/mol. The Balaban J connectivity index is 1.28. The summed E-state index contributed by atoms with van der Waals surface area (Å²) in [5, 5.41) is 4.60. The van der Waals surface area contributed by atoms with Gasteiger partial charge in [0.2, 0.25) is 0 Å². The predicted molar refractivity (Wildman–Crippen MR) is 118 cm³/mol.